The highest BCUT2D eigenvalue weighted by atomic mass is 32.2. The molecule has 0 aliphatic carbocycles. The zero-order valence-electron chi connectivity index (χ0n) is 15.7. The van der Waals surface area contributed by atoms with E-state index in [1.807, 2.05) is 30.3 Å². The third kappa shape index (κ3) is 4.86. The van der Waals surface area contributed by atoms with Crippen molar-refractivity contribution in [2.24, 2.45) is 0 Å². The largest absolute Gasteiger partial charge is 0.497 e. The first-order valence-electron chi connectivity index (χ1n) is 8.77. The number of methoxy groups -OCH3 is 1. The highest BCUT2D eigenvalue weighted by Crippen LogP contribution is 2.29. The molecular formula is C21H21NO5S. The Hall–Kier alpha value is -2.93. The van der Waals surface area contributed by atoms with Gasteiger partial charge in [-0.15, -0.1) is 11.8 Å². The van der Waals surface area contributed by atoms with Crippen LogP contribution in [0.2, 0.25) is 0 Å². The van der Waals surface area contributed by atoms with Gasteiger partial charge in [0.05, 0.1) is 7.11 Å². The van der Waals surface area contributed by atoms with E-state index in [1.54, 1.807) is 44.0 Å². The molecule has 1 N–H and O–H groups in total. The van der Waals surface area contributed by atoms with Gasteiger partial charge < -0.3 is 19.2 Å². The summed E-state index contributed by atoms with van der Waals surface area (Å²) in [5.74, 6) is 0.479. The van der Waals surface area contributed by atoms with Crippen LogP contribution in [-0.4, -0.2) is 37.9 Å². The minimum atomic E-state index is -0.665. The fourth-order valence-electron chi connectivity index (χ4n) is 2.65. The normalized spacial score (nSPS) is 10.6. The molecule has 0 bridgehead atoms. The second-order valence-corrected chi connectivity index (χ2v) is 7.17. The van der Waals surface area contributed by atoms with Gasteiger partial charge in [-0.2, -0.15) is 0 Å². The lowest BCUT2D eigenvalue weighted by molar-refractivity contribution is -0.124. The predicted octanol–water partition coefficient (Wildman–Crippen LogP) is 3.82. The first kappa shape index (κ1) is 19.8. The van der Waals surface area contributed by atoms with Gasteiger partial charge in [0.2, 0.25) is 5.76 Å². The van der Waals surface area contributed by atoms with Crippen molar-refractivity contribution in [3.05, 3.63) is 59.9 Å². The molecule has 0 fully saturated rings. The molecule has 1 amide bonds. The van der Waals surface area contributed by atoms with Crippen molar-refractivity contribution in [3.63, 3.8) is 0 Å². The van der Waals surface area contributed by atoms with E-state index in [4.69, 9.17) is 13.9 Å². The number of thioether (sulfide) groups is 1. The number of furan rings is 1. The Bertz CT molecular complexity index is 968. The van der Waals surface area contributed by atoms with E-state index in [1.165, 1.54) is 0 Å². The Labute approximate surface area is 167 Å². The number of carbonyl (C=O) groups excluding carboxylic acids is 2. The molecule has 0 radical (unpaired) electrons. The number of nitrogens with one attached hydrogen (secondary N) is 1. The van der Waals surface area contributed by atoms with Crippen LogP contribution in [0.5, 0.6) is 5.75 Å². The maximum absolute atomic E-state index is 12.3. The second kappa shape index (κ2) is 9.32. The summed E-state index contributed by atoms with van der Waals surface area (Å²) in [6.07, 6.45) is 0. The topological polar surface area (TPSA) is 77.8 Å². The van der Waals surface area contributed by atoms with Crippen molar-refractivity contribution in [1.29, 1.82) is 0 Å². The van der Waals surface area contributed by atoms with Crippen LogP contribution in [0.15, 0.2) is 57.8 Å². The lowest BCUT2D eigenvalue weighted by Gasteiger charge is -2.06. The minimum absolute atomic E-state index is 0.0932. The van der Waals surface area contributed by atoms with Gasteiger partial charge in [0.1, 0.15) is 11.3 Å². The molecule has 146 valence electrons. The molecule has 6 nitrogen and oxygen atoms in total. The van der Waals surface area contributed by atoms with Crippen molar-refractivity contribution < 1.29 is 23.5 Å². The van der Waals surface area contributed by atoms with Crippen molar-refractivity contribution in [2.75, 3.05) is 26.0 Å². The van der Waals surface area contributed by atoms with Gasteiger partial charge in [-0.3, -0.25) is 4.79 Å². The van der Waals surface area contributed by atoms with E-state index in [9.17, 15) is 9.59 Å². The quantitative estimate of drug-likeness (QED) is 0.353. The van der Waals surface area contributed by atoms with Crippen LogP contribution in [0, 0.1) is 6.92 Å². The summed E-state index contributed by atoms with van der Waals surface area (Å²) in [5.41, 5.74) is 1.21. The molecule has 0 saturated carbocycles. The van der Waals surface area contributed by atoms with E-state index in [0.29, 0.717) is 23.4 Å². The molecule has 2 aromatic carbocycles. The average molecular weight is 399 g/mol. The first-order chi connectivity index (χ1) is 13.6. The summed E-state index contributed by atoms with van der Waals surface area (Å²) in [7, 11) is 1.57. The lowest BCUT2D eigenvalue weighted by Crippen LogP contribution is -2.30. The Morgan fingerprint density at radius 2 is 1.93 bits per heavy atom. The Morgan fingerprint density at radius 1 is 1.14 bits per heavy atom. The van der Waals surface area contributed by atoms with Gasteiger partial charge in [0.15, 0.2) is 6.61 Å². The van der Waals surface area contributed by atoms with Gasteiger partial charge in [0.25, 0.3) is 5.91 Å². The van der Waals surface area contributed by atoms with Crippen molar-refractivity contribution >= 4 is 34.6 Å². The maximum Gasteiger partial charge on any atom is 0.375 e. The van der Waals surface area contributed by atoms with Gasteiger partial charge in [-0.25, -0.2) is 4.79 Å². The number of benzene rings is 2. The number of rotatable bonds is 8. The predicted molar refractivity (Wildman–Crippen MR) is 108 cm³/mol. The number of hydrogen-bond acceptors (Lipinski definition) is 6. The highest BCUT2D eigenvalue weighted by Gasteiger charge is 2.20. The third-order valence-corrected chi connectivity index (χ3v) is 5.11. The average Bonchev–Trinajstić information content (AvgIpc) is 3.06. The van der Waals surface area contributed by atoms with Crippen molar-refractivity contribution in [2.45, 2.75) is 11.8 Å². The summed E-state index contributed by atoms with van der Waals surface area (Å²) in [6, 6.07) is 15.2. The standard InChI is InChI=1S/C21H21NO5S/c1-14-17-12-15(25-2)8-9-18(17)27-20(14)21(24)26-13-19(23)22-10-11-28-16-6-4-3-5-7-16/h3-9,12H,10-11,13H2,1-2H3,(H,22,23). The molecule has 0 aliphatic heterocycles. The molecule has 28 heavy (non-hydrogen) atoms. The number of esters is 1. The fraction of sp³-hybridized carbons (Fsp3) is 0.238. The van der Waals surface area contributed by atoms with Crippen LogP contribution in [0.3, 0.4) is 0 Å². The van der Waals surface area contributed by atoms with Gasteiger partial charge in [-0.05, 0) is 37.3 Å². The van der Waals surface area contributed by atoms with E-state index in [-0.39, 0.29) is 18.3 Å². The number of hydrogen-bond donors (Lipinski definition) is 1. The summed E-state index contributed by atoms with van der Waals surface area (Å²) in [6.45, 7) is 1.90. The summed E-state index contributed by atoms with van der Waals surface area (Å²) in [5, 5.41) is 3.50. The SMILES string of the molecule is COc1ccc2oc(C(=O)OCC(=O)NCCSc3ccccc3)c(C)c2c1. The monoisotopic (exact) mass is 399 g/mol. The zero-order valence-corrected chi connectivity index (χ0v) is 16.5. The molecule has 1 aromatic heterocycles. The van der Waals surface area contributed by atoms with Gasteiger partial charge >= 0.3 is 5.97 Å². The highest BCUT2D eigenvalue weighted by molar-refractivity contribution is 7.99. The second-order valence-electron chi connectivity index (χ2n) is 6.01. The molecule has 1 heterocycles. The minimum Gasteiger partial charge on any atom is -0.497 e. The van der Waals surface area contributed by atoms with Crippen molar-refractivity contribution in [1.82, 2.24) is 5.32 Å². The molecule has 7 heteroatoms. The molecule has 3 rings (SSSR count). The number of ether oxygens (including phenoxy) is 2. The van der Waals surface area contributed by atoms with Crippen LogP contribution in [0.1, 0.15) is 16.1 Å². The first-order valence-corrected chi connectivity index (χ1v) is 9.76. The van der Waals surface area contributed by atoms with Crippen LogP contribution < -0.4 is 10.1 Å². The van der Waals surface area contributed by atoms with Crippen LogP contribution >= 0.6 is 11.8 Å². The van der Waals surface area contributed by atoms with Crippen LogP contribution in [0.25, 0.3) is 11.0 Å². The number of amides is 1. The number of aryl methyl sites for hydroxylation is 1. The summed E-state index contributed by atoms with van der Waals surface area (Å²) >= 11 is 1.64. The lowest BCUT2D eigenvalue weighted by atomic mass is 10.1. The van der Waals surface area contributed by atoms with E-state index in [0.717, 1.165) is 16.0 Å². The van der Waals surface area contributed by atoms with E-state index < -0.39 is 5.97 Å². The molecule has 3 aromatic rings. The number of fused-ring (bicyclic) bond motifs is 1. The van der Waals surface area contributed by atoms with Crippen LogP contribution in [-0.2, 0) is 9.53 Å². The number of carbonyl (C=O) groups is 2. The Kier molecular flexibility index (Phi) is 6.60. The molecule has 0 spiro atoms. The maximum atomic E-state index is 12.3. The molecule has 0 unspecified atom stereocenters. The Morgan fingerprint density at radius 3 is 2.68 bits per heavy atom. The Balaban J connectivity index is 1.47. The summed E-state index contributed by atoms with van der Waals surface area (Å²) < 4.78 is 15.9. The van der Waals surface area contributed by atoms with E-state index in [2.05, 4.69) is 5.32 Å². The molecule has 0 atom stereocenters. The molecule has 0 aliphatic rings. The van der Waals surface area contributed by atoms with E-state index >= 15 is 0 Å². The summed E-state index contributed by atoms with van der Waals surface area (Å²) in [4.78, 5) is 25.3. The van der Waals surface area contributed by atoms with Crippen molar-refractivity contribution in [3.8, 4) is 5.75 Å². The van der Waals surface area contributed by atoms with Crippen LogP contribution in [0.4, 0.5) is 0 Å². The smallest absolute Gasteiger partial charge is 0.375 e. The molecule has 0 saturated heterocycles. The van der Waals surface area contributed by atoms with Gasteiger partial charge in [-0.1, -0.05) is 18.2 Å². The molecular weight excluding hydrogens is 378 g/mol. The zero-order chi connectivity index (χ0) is 19.9. The van der Waals surface area contributed by atoms with Gasteiger partial charge in [0, 0.05) is 28.1 Å². The third-order valence-electron chi connectivity index (χ3n) is 4.10. The fourth-order valence-corrected chi connectivity index (χ4v) is 3.43.